The molecule has 4 aromatic rings. The lowest BCUT2D eigenvalue weighted by molar-refractivity contribution is -0.138. The molecule has 8 rings (SSSR count). The number of benzene rings is 4. The van der Waals surface area contributed by atoms with E-state index in [9.17, 15) is 40.3 Å². The Morgan fingerprint density at radius 1 is 0.507 bits per heavy atom. The van der Waals surface area contributed by atoms with Crippen molar-refractivity contribution in [2.24, 2.45) is 0 Å². The smallest absolute Gasteiger partial charge is 0.369 e. The topological polar surface area (TPSA) is 77.4 Å². The third-order valence-electron chi connectivity index (χ3n) is 13.2. The third kappa shape index (κ3) is 13.7. The molecule has 0 radical (unpaired) electrons. The van der Waals surface area contributed by atoms with Crippen molar-refractivity contribution in [1.29, 1.82) is 5.26 Å². The fourth-order valence-corrected chi connectivity index (χ4v) is 9.29. The van der Waals surface area contributed by atoms with Gasteiger partial charge in [-0.3, -0.25) is 19.4 Å². The van der Waals surface area contributed by atoms with Gasteiger partial charge in [0.25, 0.3) is 0 Å². The summed E-state index contributed by atoms with van der Waals surface area (Å²) in [5.41, 5.74) is 4.77. The Morgan fingerprint density at radius 2 is 0.940 bits per heavy atom. The molecule has 9 nitrogen and oxygen atoms in total. The first kappa shape index (κ1) is 49.3. The molecule has 0 aliphatic carbocycles. The van der Waals surface area contributed by atoms with Gasteiger partial charge < -0.3 is 19.6 Å². The van der Waals surface area contributed by atoms with Crippen LogP contribution in [0.15, 0.2) is 84.9 Å². The van der Waals surface area contributed by atoms with Crippen LogP contribution in [0.5, 0.6) is 0 Å². The summed E-state index contributed by atoms with van der Waals surface area (Å²) in [4.78, 5) is 37.4. The van der Waals surface area contributed by atoms with Crippen LogP contribution in [0.4, 0.5) is 42.1 Å². The number of piperazine rings is 2. The van der Waals surface area contributed by atoms with Crippen LogP contribution in [0.1, 0.15) is 90.3 Å². The lowest BCUT2D eigenvalue weighted by atomic mass is 10.1. The minimum Gasteiger partial charge on any atom is -0.369 e. The van der Waals surface area contributed by atoms with Gasteiger partial charge in [0, 0.05) is 103 Å². The number of nitriles is 1. The number of carbonyl (C=O) groups excluding carboxylic acids is 2. The summed E-state index contributed by atoms with van der Waals surface area (Å²) in [5, 5.41) is 9.03. The number of nitrogens with zero attached hydrogens (tertiary/aromatic N) is 7. The Bertz CT molecular complexity index is 2350. The van der Waals surface area contributed by atoms with Crippen molar-refractivity contribution in [3.8, 4) is 6.07 Å². The van der Waals surface area contributed by atoms with Crippen LogP contribution in [0.3, 0.4) is 0 Å². The second kappa shape index (κ2) is 22.4. The molecule has 16 heteroatoms. The number of amides is 2. The molecule has 0 spiro atoms. The summed E-state index contributed by atoms with van der Waals surface area (Å²) in [6.07, 6.45) is -2.03. The maximum absolute atomic E-state index is 13.3. The highest BCUT2D eigenvalue weighted by atomic mass is 19.4. The van der Waals surface area contributed by atoms with Gasteiger partial charge >= 0.3 is 12.4 Å². The molecule has 4 heterocycles. The number of halogens is 7. The van der Waals surface area contributed by atoms with Crippen LogP contribution in [0, 0.1) is 17.1 Å². The lowest BCUT2D eigenvalue weighted by Crippen LogP contribution is -2.46. The van der Waals surface area contributed by atoms with Crippen molar-refractivity contribution in [3.63, 3.8) is 0 Å². The van der Waals surface area contributed by atoms with E-state index in [1.807, 2.05) is 26.8 Å². The molecule has 0 N–H and O–H groups in total. The zero-order chi connectivity index (χ0) is 47.6. The number of carbonyl (C=O) groups is 2. The molecule has 4 aliphatic rings. The number of fused-ring (bicyclic) bond motifs is 2. The van der Waals surface area contributed by atoms with Gasteiger partial charge in [0.2, 0.25) is 11.8 Å². The van der Waals surface area contributed by atoms with Crippen LogP contribution in [-0.4, -0.2) is 96.9 Å². The van der Waals surface area contributed by atoms with Gasteiger partial charge in [-0.05, 0) is 122 Å². The van der Waals surface area contributed by atoms with Crippen molar-refractivity contribution < 1.29 is 40.3 Å². The maximum Gasteiger partial charge on any atom is 0.416 e. The van der Waals surface area contributed by atoms with E-state index in [4.69, 9.17) is 5.26 Å². The Balaban J connectivity index is 0.000000199. The quantitative estimate of drug-likeness (QED) is 0.0921. The molecule has 0 saturated carbocycles. The molecular weight excluding hydrogens is 876 g/mol. The summed E-state index contributed by atoms with van der Waals surface area (Å²) < 4.78 is 91.1. The van der Waals surface area contributed by atoms with Crippen LogP contribution >= 0.6 is 0 Å². The van der Waals surface area contributed by atoms with Crippen LogP contribution in [0.25, 0.3) is 0 Å². The van der Waals surface area contributed by atoms with E-state index in [-0.39, 0.29) is 17.6 Å². The SMILES string of the molecule is N#Cc1ccc2c(c1)CN(C(=O)CCCCCN1CCN(c3cccc(C(F)(F)F)c3)CC1)C2.O=C(CCCCCN1CCN(c2cccc(C(F)(F)F)c2)CC1)N1Cc2ccc(F)cc2C1. The predicted molar refractivity (Wildman–Crippen MR) is 243 cm³/mol. The summed E-state index contributed by atoms with van der Waals surface area (Å²) in [7, 11) is 0. The van der Waals surface area contributed by atoms with Gasteiger partial charge in [-0.15, -0.1) is 0 Å². The first-order valence-corrected chi connectivity index (χ1v) is 23.3. The van der Waals surface area contributed by atoms with Gasteiger partial charge in [0.05, 0.1) is 22.8 Å². The average molecular weight is 934 g/mol. The van der Waals surface area contributed by atoms with Gasteiger partial charge in [-0.1, -0.05) is 37.1 Å². The summed E-state index contributed by atoms with van der Waals surface area (Å²) >= 11 is 0. The van der Waals surface area contributed by atoms with E-state index in [1.165, 1.54) is 36.4 Å². The highest BCUT2D eigenvalue weighted by Crippen LogP contribution is 2.34. The standard InChI is InChI=1S/C26H29F3N4O.C25H29F4N3O/c27-26(28,29)23-5-4-6-24(16-23)32-13-11-31(12-14-32)10-3-1-2-7-25(34)33-18-21-9-8-20(17-30)15-22(21)19-33;26-22-9-8-19-17-32(18-20(19)15-22)24(33)7-2-1-3-10-30-11-13-31(14-12-30)23-6-4-5-21(16-23)25(27,28)29/h4-6,8-9,15-16H,1-3,7,10-14,18-19H2;4-6,8-9,15-16H,1-3,7,10-14,17-18H2. The number of alkyl halides is 6. The Kier molecular flexibility index (Phi) is 16.5. The first-order valence-electron chi connectivity index (χ1n) is 23.3. The van der Waals surface area contributed by atoms with E-state index >= 15 is 0 Å². The molecule has 4 aromatic carbocycles. The van der Waals surface area contributed by atoms with Gasteiger partial charge in [0.15, 0.2) is 0 Å². The molecule has 0 atom stereocenters. The van der Waals surface area contributed by atoms with Crippen LogP contribution in [0.2, 0.25) is 0 Å². The maximum atomic E-state index is 13.3. The first-order chi connectivity index (χ1) is 32.1. The molecule has 2 fully saturated rings. The van der Waals surface area contributed by atoms with Crippen molar-refractivity contribution in [2.45, 2.75) is 89.9 Å². The van der Waals surface area contributed by atoms with Crippen molar-refractivity contribution in [3.05, 3.63) is 130 Å². The van der Waals surface area contributed by atoms with Gasteiger partial charge in [0.1, 0.15) is 5.82 Å². The number of hydrogen-bond acceptors (Lipinski definition) is 7. The Morgan fingerprint density at radius 3 is 1.39 bits per heavy atom. The van der Waals surface area contributed by atoms with E-state index in [2.05, 4.69) is 15.9 Å². The summed E-state index contributed by atoms with van der Waals surface area (Å²) in [5.74, 6) is 0.00410. The minimum atomic E-state index is -4.32. The largest absolute Gasteiger partial charge is 0.416 e. The normalized spacial score (nSPS) is 16.6. The van der Waals surface area contributed by atoms with E-state index in [0.717, 1.165) is 112 Å². The highest BCUT2D eigenvalue weighted by Gasteiger charge is 2.32. The molecular formula is C51H58F7N7O2. The molecule has 2 saturated heterocycles. The average Bonchev–Trinajstić information content (AvgIpc) is 3.96. The second-order valence-electron chi connectivity index (χ2n) is 17.9. The Hall–Kier alpha value is -5.66. The molecule has 358 valence electrons. The molecule has 4 aliphatic heterocycles. The van der Waals surface area contributed by atoms with Gasteiger partial charge in [-0.25, -0.2) is 4.39 Å². The fraction of sp³-hybridized carbons (Fsp3) is 0.471. The third-order valence-corrected chi connectivity index (χ3v) is 13.2. The second-order valence-corrected chi connectivity index (χ2v) is 17.9. The lowest BCUT2D eigenvalue weighted by Gasteiger charge is -2.36. The summed E-state index contributed by atoms with van der Waals surface area (Å²) in [6, 6.07) is 23.5. The van der Waals surface area contributed by atoms with E-state index < -0.39 is 23.5 Å². The van der Waals surface area contributed by atoms with E-state index in [0.29, 0.717) is 82.1 Å². The zero-order valence-corrected chi connectivity index (χ0v) is 37.7. The van der Waals surface area contributed by atoms with Crippen LogP contribution in [-0.2, 0) is 48.1 Å². The summed E-state index contributed by atoms with van der Waals surface area (Å²) in [6.45, 7) is 10.2. The minimum absolute atomic E-state index is 0.112. The molecule has 0 aromatic heterocycles. The fourth-order valence-electron chi connectivity index (χ4n) is 9.29. The Labute approximate surface area is 388 Å². The van der Waals surface area contributed by atoms with Crippen LogP contribution < -0.4 is 9.80 Å². The number of anilines is 2. The number of unbranched alkanes of at least 4 members (excludes halogenated alkanes) is 4. The molecule has 2 amide bonds. The highest BCUT2D eigenvalue weighted by molar-refractivity contribution is 5.77. The molecule has 0 bridgehead atoms. The molecule has 0 unspecified atom stereocenters. The monoisotopic (exact) mass is 933 g/mol. The van der Waals surface area contributed by atoms with Crippen molar-refractivity contribution >= 4 is 23.2 Å². The van der Waals surface area contributed by atoms with Gasteiger partial charge in [-0.2, -0.15) is 31.6 Å². The van der Waals surface area contributed by atoms with E-state index in [1.54, 1.807) is 29.2 Å². The number of hydrogen-bond donors (Lipinski definition) is 0. The zero-order valence-electron chi connectivity index (χ0n) is 37.7. The molecule has 67 heavy (non-hydrogen) atoms. The van der Waals surface area contributed by atoms with Crippen molar-refractivity contribution in [1.82, 2.24) is 19.6 Å². The number of rotatable bonds is 14. The predicted octanol–water partition coefficient (Wildman–Crippen LogP) is 9.87. The van der Waals surface area contributed by atoms with Crippen molar-refractivity contribution in [2.75, 3.05) is 75.2 Å².